The molecule has 1 saturated heterocycles. The minimum absolute atomic E-state index is 0.0805. The molecule has 7 heteroatoms. The zero-order valence-electron chi connectivity index (χ0n) is 15.6. The normalized spacial score (nSPS) is 15.3. The second kappa shape index (κ2) is 8.29. The Morgan fingerprint density at radius 3 is 2.31 bits per heavy atom. The van der Waals surface area contributed by atoms with Crippen LogP contribution in [0, 0.1) is 15.5 Å². The van der Waals surface area contributed by atoms with Gasteiger partial charge in [0.05, 0.1) is 10.5 Å². The van der Waals surface area contributed by atoms with E-state index in [2.05, 4.69) is 0 Å². The lowest BCUT2D eigenvalue weighted by molar-refractivity contribution is -0.384. The maximum absolute atomic E-state index is 12.2. The first-order valence-corrected chi connectivity index (χ1v) is 8.94. The molecule has 26 heavy (non-hydrogen) atoms. The molecule has 1 aliphatic rings. The van der Waals surface area contributed by atoms with Crippen molar-refractivity contribution in [1.29, 1.82) is 0 Å². The highest BCUT2D eigenvalue weighted by atomic mass is 16.6. The second-order valence-corrected chi connectivity index (χ2v) is 7.61. The summed E-state index contributed by atoms with van der Waals surface area (Å²) >= 11 is 0. The van der Waals surface area contributed by atoms with Gasteiger partial charge in [0.1, 0.15) is 5.69 Å². The first-order valence-electron chi connectivity index (χ1n) is 8.94. The smallest absolute Gasteiger partial charge is 0.338 e. The number of Topliss-reactive ketones (excluding diaryl/α,β-unsaturated/α-hetero) is 1. The van der Waals surface area contributed by atoms with Crippen molar-refractivity contribution in [1.82, 2.24) is 0 Å². The summed E-state index contributed by atoms with van der Waals surface area (Å²) in [6, 6.07) is 4.37. The van der Waals surface area contributed by atoms with Gasteiger partial charge < -0.3 is 9.64 Å². The highest BCUT2D eigenvalue weighted by Gasteiger charge is 2.25. The third kappa shape index (κ3) is 5.03. The standard InChI is InChI=1S/C19H26N2O5/c1-19(2,3)17(22)13-26-18(23)14-8-9-15(16(12-14)21(24)25)20-10-6-4-5-7-11-20/h8-9,12H,4-7,10-11,13H2,1-3H3. The summed E-state index contributed by atoms with van der Waals surface area (Å²) < 4.78 is 5.03. The van der Waals surface area contributed by atoms with Gasteiger partial charge in [-0.3, -0.25) is 14.9 Å². The van der Waals surface area contributed by atoms with E-state index in [1.807, 2.05) is 4.90 Å². The van der Waals surface area contributed by atoms with Crippen molar-refractivity contribution in [2.45, 2.75) is 46.5 Å². The number of benzene rings is 1. The van der Waals surface area contributed by atoms with Gasteiger partial charge in [-0.25, -0.2) is 4.79 Å². The van der Waals surface area contributed by atoms with Crippen molar-refractivity contribution >= 4 is 23.1 Å². The maximum atomic E-state index is 12.2. The van der Waals surface area contributed by atoms with E-state index in [4.69, 9.17) is 4.74 Å². The van der Waals surface area contributed by atoms with E-state index >= 15 is 0 Å². The Kier molecular flexibility index (Phi) is 6.34. The van der Waals surface area contributed by atoms with Gasteiger partial charge in [0.25, 0.3) is 5.69 Å². The molecule has 1 heterocycles. The largest absolute Gasteiger partial charge is 0.454 e. The third-order valence-electron chi connectivity index (χ3n) is 4.53. The van der Waals surface area contributed by atoms with Gasteiger partial charge in [-0.1, -0.05) is 33.6 Å². The number of carbonyl (C=O) groups is 2. The van der Waals surface area contributed by atoms with Crippen LogP contribution < -0.4 is 4.90 Å². The van der Waals surface area contributed by atoms with Gasteiger partial charge in [-0.05, 0) is 25.0 Å². The highest BCUT2D eigenvalue weighted by Crippen LogP contribution is 2.31. The van der Waals surface area contributed by atoms with Crippen LogP contribution in [-0.2, 0) is 9.53 Å². The molecule has 0 atom stereocenters. The molecule has 0 unspecified atom stereocenters. The van der Waals surface area contributed by atoms with Crippen LogP contribution in [0.5, 0.6) is 0 Å². The first kappa shape index (κ1) is 19.9. The fourth-order valence-corrected chi connectivity index (χ4v) is 2.81. The van der Waals surface area contributed by atoms with Crippen LogP contribution in [-0.4, -0.2) is 36.4 Å². The molecule has 142 valence electrons. The molecule has 0 aromatic heterocycles. The van der Waals surface area contributed by atoms with Crippen molar-refractivity contribution in [2.24, 2.45) is 5.41 Å². The van der Waals surface area contributed by atoms with Crippen molar-refractivity contribution in [3.05, 3.63) is 33.9 Å². The molecular formula is C19H26N2O5. The number of hydrogen-bond donors (Lipinski definition) is 0. The Labute approximate surface area is 153 Å². The lowest BCUT2D eigenvalue weighted by Gasteiger charge is -2.22. The molecule has 0 aliphatic carbocycles. The number of esters is 1. The predicted molar refractivity (Wildman–Crippen MR) is 98.5 cm³/mol. The van der Waals surface area contributed by atoms with Gasteiger partial charge in [0.15, 0.2) is 12.4 Å². The molecule has 2 rings (SSSR count). The SMILES string of the molecule is CC(C)(C)C(=O)COC(=O)c1ccc(N2CCCCCC2)c([N+](=O)[O-])c1. The molecular weight excluding hydrogens is 336 g/mol. The maximum Gasteiger partial charge on any atom is 0.338 e. The number of anilines is 1. The topological polar surface area (TPSA) is 89.8 Å². The van der Waals surface area contributed by atoms with Gasteiger partial charge in [0.2, 0.25) is 0 Å². The number of carbonyl (C=O) groups excluding carboxylic acids is 2. The Morgan fingerprint density at radius 2 is 1.77 bits per heavy atom. The van der Waals surface area contributed by atoms with Gasteiger partial charge in [-0.15, -0.1) is 0 Å². The quantitative estimate of drug-likeness (QED) is 0.450. The van der Waals surface area contributed by atoms with E-state index in [9.17, 15) is 19.7 Å². The summed E-state index contributed by atoms with van der Waals surface area (Å²) in [5, 5.41) is 11.5. The Balaban J connectivity index is 2.18. The molecule has 0 spiro atoms. The highest BCUT2D eigenvalue weighted by molar-refractivity contribution is 5.94. The zero-order chi connectivity index (χ0) is 19.3. The summed E-state index contributed by atoms with van der Waals surface area (Å²) in [4.78, 5) is 37.1. The number of rotatable bonds is 5. The van der Waals surface area contributed by atoms with Crippen LogP contribution in [0.25, 0.3) is 0 Å². The zero-order valence-corrected chi connectivity index (χ0v) is 15.6. The molecule has 1 aliphatic heterocycles. The minimum atomic E-state index is -0.729. The van der Waals surface area contributed by atoms with Crippen molar-refractivity contribution < 1.29 is 19.2 Å². The number of hydrogen-bond acceptors (Lipinski definition) is 6. The van der Waals surface area contributed by atoms with Crippen molar-refractivity contribution in [3.63, 3.8) is 0 Å². The first-order chi connectivity index (χ1) is 12.2. The van der Waals surface area contributed by atoms with E-state index in [-0.39, 0.29) is 23.6 Å². The molecule has 1 aromatic carbocycles. The summed E-state index contributed by atoms with van der Waals surface area (Å²) in [5.74, 6) is -0.936. The lowest BCUT2D eigenvalue weighted by atomic mass is 9.91. The van der Waals surface area contributed by atoms with E-state index < -0.39 is 16.3 Å². The molecule has 0 bridgehead atoms. The van der Waals surface area contributed by atoms with E-state index in [0.29, 0.717) is 5.69 Å². The number of nitro groups is 1. The Morgan fingerprint density at radius 1 is 1.15 bits per heavy atom. The Bertz CT molecular complexity index is 686. The van der Waals surface area contributed by atoms with Gasteiger partial charge >= 0.3 is 5.97 Å². The molecule has 1 aromatic rings. The average Bonchev–Trinajstić information content (AvgIpc) is 2.87. The summed E-state index contributed by atoms with van der Waals surface area (Å²) in [5.41, 5.74) is -0.109. The van der Waals surface area contributed by atoms with Crippen molar-refractivity contribution in [3.8, 4) is 0 Å². The third-order valence-corrected chi connectivity index (χ3v) is 4.53. The van der Waals surface area contributed by atoms with E-state index in [1.54, 1.807) is 26.8 Å². The molecule has 0 N–H and O–H groups in total. The number of nitro benzene ring substituents is 1. The van der Waals surface area contributed by atoms with Crippen LogP contribution in [0.15, 0.2) is 18.2 Å². The fourth-order valence-electron chi connectivity index (χ4n) is 2.81. The second-order valence-electron chi connectivity index (χ2n) is 7.61. The number of ether oxygens (including phenoxy) is 1. The summed E-state index contributed by atoms with van der Waals surface area (Å²) in [6.07, 6.45) is 4.23. The minimum Gasteiger partial charge on any atom is -0.454 e. The fraction of sp³-hybridized carbons (Fsp3) is 0.579. The van der Waals surface area contributed by atoms with E-state index in [0.717, 1.165) is 38.8 Å². The monoisotopic (exact) mass is 362 g/mol. The predicted octanol–water partition coefficient (Wildman–Crippen LogP) is 3.75. The summed E-state index contributed by atoms with van der Waals surface area (Å²) in [7, 11) is 0. The average molecular weight is 362 g/mol. The lowest BCUT2D eigenvalue weighted by Crippen LogP contribution is -2.26. The van der Waals surface area contributed by atoms with Gasteiger partial charge in [0, 0.05) is 24.6 Å². The summed E-state index contributed by atoms with van der Waals surface area (Å²) in [6.45, 7) is 6.41. The number of nitrogens with zero attached hydrogens (tertiary/aromatic N) is 2. The van der Waals surface area contributed by atoms with Crippen LogP contribution >= 0.6 is 0 Å². The molecule has 1 fully saturated rings. The van der Waals surface area contributed by atoms with Crippen LogP contribution in [0.4, 0.5) is 11.4 Å². The molecule has 0 radical (unpaired) electrons. The van der Waals surface area contributed by atoms with Crippen molar-refractivity contribution in [2.75, 3.05) is 24.6 Å². The molecule has 0 amide bonds. The molecule has 7 nitrogen and oxygen atoms in total. The van der Waals surface area contributed by atoms with Crippen LogP contribution in [0.1, 0.15) is 56.8 Å². The van der Waals surface area contributed by atoms with E-state index in [1.165, 1.54) is 12.1 Å². The Hall–Kier alpha value is -2.44. The number of ketones is 1. The molecule has 0 saturated carbocycles. The van der Waals surface area contributed by atoms with Gasteiger partial charge in [-0.2, -0.15) is 0 Å². The van der Waals surface area contributed by atoms with Crippen LogP contribution in [0.3, 0.4) is 0 Å². The van der Waals surface area contributed by atoms with Crippen LogP contribution in [0.2, 0.25) is 0 Å².